The summed E-state index contributed by atoms with van der Waals surface area (Å²) in [6, 6.07) is 10.6. The second-order valence-electron chi connectivity index (χ2n) is 8.45. The molecule has 196 valence electrons. The Labute approximate surface area is 209 Å². The predicted octanol–water partition coefficient (Wildman–Crippen LogP) is 3.79. The molecule has 1 fully saturated rings. The van der Waals surface area contributed by atoms with Gasteiger partial charge in [-0.15, -0.1) is 13.2 Å². The van der Waals surface area contributed by atoms with Crippen LogP contribution < -0.4 is 10.1 Å². The number of nitrogens with one attached hydrogen (secondary N) is 1. The van der Waals surface area contributed by atoms with Gasteiger partial charge in [0.05, 0.1) is 10.5 Å². The van der Waals surface area contributed by atoms with Crippen molar-refractivity contribution in [2.75, 3.05) is 46.3 Å². The van der Waals surface area contributed by atoms with Crippen LogP contribution in [0.4, 0.5) is 18.9 Å². The van der Waals surface area contributed by atoms with Gasteiger partial charge in [0, 0.05) is 50.9 Å². The van der Waals surface area contributed by atoms with Gasteiger partial charge in [0.15, 0.2) is 11.5 Å². The molecule has 4 rings (SSSR count). The SMILES string of the molecule is CN1CCN(CCNC(=O)c2nc(-c3cccc(OC(F)(F)F)c3)oc2-c2ccccc2[N+](=O)[O-])CC1. The monoisotopic (exact) mass is 519 g/mol. The molecule has 0 aliphatic carbocycles. The number of halogens is 3. The summed E-state index contributed by atoms with van der Waals surface area (Å²) in [5, 5.41) is 14.4. The minimum absolute atomic E-state index is 0.0122. The van der Waals surface area contributed by atoms with E-state index >= 15 is 0 Å². The zero-order valence-electron chi connectivity index (χ0n) is 19.8. The normalized spacial score (nSPS) is 14.9. The van der Waals surface area contributed by atoms with E-state index in [2.05, 4.69) is 24.8 Å². The molecular formula is C24H24F3N5O5. The fraction of sp³-hybridized carbons (Fsp3) is 0.333. The number of nitro benzene ring substituents is 1. The number of para-hydroxylation sites is 1. The number of nitro groups is 1. The van der Waals surface area contributed by atoms with Crippen LogP contribution in [-0.4, -0.2) is 78.3 Å². The zero-order valence-corrected chi connectivity index (χ0v) is 19.8. The quantitative estimate of drug-likeness (QED) is 0.353. The van der Waals surface area contributed by atoms with Gasteiger partial charge in [0.2, 0.25) is 5.89 Å². The van der Waals surface area contributed by atoms with Crippen molar-refractivity contribution in [2.45, 2.75) is 6.36 Å². The fourth-order valence-corrected chi connectivity index (χ4v) is 3.91. The number of oxazole rings is 1. The van der Waals surface area contributed by atoms with Crippen molar-refractivity contribution in [3.8, 4) is 28.5 Å². The van der Waals surface area contributed by atoms with Crippen molar-refractivity contribution >= 4 is 11.6 Å². The third-order valence-corrected chi connectivity index (χ3v) is 5.81. The summed E-state index contributed by atoms with van der Waals surface area (Å²) in [5.74, 6) is -1.49. The van der Waals surface area contributed by atoms with E-state index in [0.29, 0.717) is 13.1 Å². The molecule has 0 unspecified atom stereocenters. The number of piperazine rings is 1. The maximum Gasteiger partial charge on any atom is 0.573 e. The third kappa shape index (κ3) is 6.62. The summed E-state index contributed by atoms with van der Waals surface area (Å²) in [4.78, 5) is 32.7. The van der Waals surface area contributed by atoms with Crippen molar-refractivity contribution in [1.29, 1.82) is 0 Å². The summed E-state index contributed by atoms with van der Waals surface area (Å²) in [6.07, 6.45) is -4.90. The molecule has 3 aromatic rings. The molecule has 0 bridgehead atoms. The molecule has 13 heteroatoms. The zero-order chi connectivity index (χ0) is 26.6. The van der Waals surface area contributed by atoms with Gasteiger partial charge in [-0.25, -0.2) is 4.98 Å². The highest BCUT2D eigenvalue weighted by Gasteiger charge is 2.32. The van der Waals surface area contributed by atoms with Gasteiger partial charge in [0.1, 0.15) is 5.75 Å². The van der Waals surface area contributed by atoms with Crippen molar-refractivity contribution in [3.05, 3.63) is 64.3 Å². The lowest BCUT2D eigenvalue weighted by Crippen LogP contribution is -2.46. The van der Waals surface area contributed by atoms with E-state index in [1.165, 1.54) is 36.4 Å². The van der Waals surface area contributed by atoms with Crippen LogP contribution in [0.5, 0.6) is 5.75 Å². The van der Waals surface area contributed by atoms with Crippen LogP contribution >= 0.6 is 0 Å². The second kappa shape index (κ2) is 11.0. The first kappa shape index (κ1) is 26.1. The average Bonchev–Trinajstić information content (AvgIpc) is 3.30. The van der Waals surface area contributed by atoms with E-state index in [1.54, 1.807) is 0 Å². The Hall–Kier alpha value is -3.97. The number of rotatable bonds is 8. The number of amides is 1. The van der Waals surface area contributed by atoms with Crippen LogP contribution in [0, 0.1) is 10.1 Å². The first-order valence-electron chi connectivity index (χ1n) is 11.4. The maximum atomic E-state index is 13.1. The Morgan fingerprint density at radius 1 is 1.16 bits per heavy atom. The summed E-state index contributed by atoms with van der Waals surface area (Å²) < 4.78 is 47.8. The van der Waals surface area contributed by atoms with Gasteiger partial charge in [-0.05, 0) is 31.3 Å². The number of aromatic nitrogens is 1. The summed E-state index contributed by atoms with van der Waals surface area (Å²) in [6.45, 7) is 4.45. The van der Waals surface area contributed by atoms with E-state index in [4.69, 9.17) is 4.42 Å². The second-order valence-corrected chi connectivity index (χ2v) is 8.45. The largest absolute Gasteiger partial charge is 0.573 e. The summed E-state index contributed by atoms with van der Waals surface area (Å²) >= 11 is 0. The number of likely N-dealkylation sites (N-methyl/N-ethyl adjacent to an activating group) is 1. The van der Waals surface area contributed by atoms with E-state index in [9.17, 15) is 28.1 Å². The summed E-state index contributed by atoms with van der Waals surface area (Å²) in [5.41, 5.74) is -0.424. The van der Waals surface area contributed by atoms with Gasteiger partial charge in [-0.2, -0.15) is 0 Å². The number of benzene rings is 2. The maximum absolute atomic E-state index is 13.1. The Kier molecular flexibility index (Phi) is 7.74. The lowest BCUT2D eigenvalue weighted by Gasteiger charge is -2.32. The molecule has 0 spiro atoms. The van der Waals surface area contributed by atoms with Gasteiger partial charge < -0.3 is 19.4 Å². The van der Waals surface area contributed by atoms with E-state index < -0.39 is 22.9 Å². The number of hydrogen-bond acceptors (Lipinski definition) is 8. The number of alkyl halides is 3. The molecule has 0 saturated carbocycles. The van der Waals surface area contributed by atoms with Crippen LogP contribution in [0.25, 0.3) is 22.8 Å². The Morgan fingerprint density at radius 2 is 1.89 bits per heavy atom. The van der Waals surface area contributed by atoms with Crippen LogP contribution in [0.3, 0.4) is 0 Å². The Bertz CT molecular complexity index is 1270. The lowest BCUT2D eigenvalue weighted by atomic mass is 10.1. The molecule has 0 atom stereocenters. The molecule has 1 N–H and O–H groups in total. The van der Waals surface area contributed by atoms with Crippen LogP contribution in [0.1, 0.15) is 10.5 Å². The van der Waals surface area contributed by atoms with E-state index in [1.807, 2.05) is 7.05 Å². The predicted molar refractivity (Wildman–Crippen MR) is 127 cm³/mol. The average molecular weight is 519 g/mol. The fourth-order valence-electron chi connectivity index (χ4n) is 3.91. The molecule has 0 radical (unpaired) electrons. The van der Waals surface area contributed by atoms with Crippen molar-refractivity contribution in [2.24, 2.45) is 0 Å². The molecule has 10 nitrogen and oxygen atoms in total. The van der Waals surface area contributed by atoms with Gasteiger partial charge >= 0.3 is 6.36 Å². The number of ether oxygens (including phenoxy) is 1. The highest BCUT2D eigenvalue weighted by atomic mass is 19.4. The highest BCUT2D eigenvalue weighted by molar-refractivity contribution is 5.99. The van der Waals surface area contributed by atoms with Crippen molar-refractivity contribution in [1.82, 2.24) is 20.1 Å². The minimum Gasteiger partial charge on any atom is -0.435 e. The molecule has 2 heterocycles. The third-order valence-electron chi connectivity index (χ3n) is 5.81. The van der Waals surface area contributed by atoms with Crippen molar-refractivity contribution in [3.63, 3.8) is 0 Å². The standard InChI is InChI=1S/C24H24F3N5O5/c1-30-11-13-31(14-12-30)10-9-28-22(33)20-21(18-7-2-3-8-19(18)32(34)35)36-23(29-20)16-5-4-6-17(15-16)37-24(25,26)27/h2-8,15H,9-14H2,1H3,(H,28,33). The molecular weight excluding hydrogens is 495 g/mol. The highest BCUT2D eigenvalue weighted by Crippen LogP contribution is 2.36. The first-order valence-corrected chi connectivity index (χ1v) is 11.4. The van der Waals surface area contributed by atoms with Gasteiger partial charge in [-0.1, -0.05) is 18.2 Å². The summed E-state index contributed by atoms with van der Waals surface area (Å²) in [7, 11) is 2.04. The van der Waals surface area contributed by atoms with Gasteiger partial charge in [-0.3, -0.25) is 19.8 Å². The molecule has 1 amide bonds. The van der Waals surface area contributed by atoms with Crippen LogP contribution in [-0.2, 0) is 0 Å². The smallest absolute Gasteiger partial charge is 0.435 e. The van der Waals surface area contributed by atoms with Crippen LogP contribution in [0.15, 0.2) is 52.9 Å². The molecule has 1 aliphatic rings. The first-order chi connectivity index (χ1) is 17.6. The molecule has 1 aromatic heterocycles. The van der Waals surface area contributed by atoms with E-state index in [-0.39, 0.29) is 34.2 Å². The molecule has 2 aromatic carbocycles. The number of hydrogen-bond donors (Lipinski definition) is 1. The molecule has 1 saturated heterocycles. The lowest BCUT2D eigenvalue weighted by molar-refractivity contribution is -0.384. The topological polar surface area (TPSA) is 114 Å². The Morgan fingerprint density at radius 3 is 2.59 bits per heavy atom. The number of carbonyl (C=O) groups excluding carboxylic acids is 1. The minimum atomic E-state index is -4.90. The number of nitrogens with zero attached hydrogens (tertiary/aromatic N) is 4. The van der Waals surface area contributed by atoms with Crippen molar-refractivity contribution < 1.29 is 32.0 Å². The Balaban J connectivity index is 1.63. The molecule has 1 aliphatic heterocycles. The number of carbonyl (C=O) groups is 1. The molecule has 37 heavy (non-hydrogen) atoms. The van der Waals surface area contributed by atoms with Crippen LogP contribution in [0.2, 0.25) is 0 Å². The van der Waals surface area contributed by atoms with Gasteiger partial charge in [0.25, 0.3) is 11.6 Å². The van der Waals surface area contributed by atoms with E-state index in [0.717, 1.165) is 38.3 Å².